The van der Waals surface area contributed by atoms with Gasteiger partial charge in [0.1, 0.15) is 5.75 Å². The van der Waals surface area contributed by atoms with Crippen molar-refractivity contribution in [3.8, 4) is 5.75 Å². The summed E-state index contributed by atoms with van der Waals surface area (Å²) in [4.78, 5) is 12.9. The lowest BCUT2D eigenvalue weighted by molar-refractivity contribution is 0.0940. The van der Waals surface area contributed by atoms with Crippen molar-refractivity contribution in [1.82, 2.24) is 5.32 Å². The molecular formula is C25H25ClN2O4S. The summed E-state index contributed by atoms with van der Waals surface area (Å²) < 4.78 is 33.3. The lowest BCUT2D eigenvalue weighted by atomic mass is 10.1. The van der Waals surface area contributed by atoms with E-state index in [1.807, 2.05) is 37.3 Å². The molecule has 1 N–H and O–H groups in total. The molecule has 0 bridgehead atoms. The molecule has 0 heterocycles. The largest absolute Gasteiger partial charge is 0.497 e. The van der Waals surface area contributed by atoms with Gasteiger partial charge in [-0.05, 0) is 55.0 Å². The highest BCUT2D eigenvalue weighted by Gasteiger charge is 2.26. The minimum atomic E-state index is -4.01. The van der Waals surface area contributed by atoms with Crippen LogP contribution in [0.15, 0.2) is 90.3 Å². The molecule has 3 aromatic carbocycles. The normalized spacial score (nSPS) is 12.0. The maximum atomic E-state index is 13.5. The second-order valence-corrected chi connectivity index (χ2v) is 9.54. The Bertz CT molecular complexity index is 1230. The summed E-state index contributed by atoms with van der Waals surface area (Å²) >= 11 is 6.26. The van der Waals surface area contributed by atoms with Crippen LogP contribution in [0.5, 0.6) is 5.75 Å². The molecule has 0 fully saturated rings. The summed E-state index contributed by atoms with van der Waals surface area (Å²) in [6, 6.07) is 19.9. The molecule has 6 nitrogen and oxygen atoms in total. The standard InChI is InChI=1S/C25H25ClN2O4S/c1-4-16-28(20-10-12-21(32-3)13-11-20)33(30,31)22-14-15-24(26)23(17-22)25(29)27-18(2)19-8-6-5-7-9-19/h4-15,17-18H,1,16H2,2-3H3,(H,27,29). The zero-order chi connectivity index (χ0) is 24.0. The predicted octanol–water partition coefficient (Wildman–Crippen LogP) is 5.22. The molecule has 1 amide bonds. The molecule has 0 saturated heterocycles. The molecule has 33 heavy (non-hydrogen) atoms. The molecule has 0 saturated carbocycles. The Kier molecular flexibility index (Phi) is 7.79. The van der Waals surface area contributed by atoms with Crippen LogP contribution in [0.3, 0.4) is 0 Å². The Labute approximate surface area is 199 Å². The first kappa shape index (κ1) is 24.4. The minimum Gasteiger partial charge on any atom is -0.497 e. The topological polar surface area (TPSA) is 75.7 Å². The number of amides is 1. The molecule has 0 spiro atoms. The van der Waals surface area contributed by atoms with E-state index in [9.17, 15) is 13.2 Å². The smallest absolute Gasteiger partial charge is 0.264 e. The van der Waals surface area contributed by atoms with Gasteiger partial charge in [0.2, 0.25) is 0 Å². The molecule has 1 atom stereocenters. The van der Waals surface area contributed by atoms with Crippen molar-refractivity contribution in [2.45, 2.75) is 17.9 Å². The number of methoxy groups -OCH3 is 1. The fourth-order valence-corrected chi connectivity index (χ4v) is 4.94. The fourth-order valence-electron chi connectivity index (χ4n) is 3.27. The molecule has 3 rings (SSSR count). The summed E-state index contributed by atoms with van der Waals surface area (Å²) in [5.41, 5.74) is 1.44. The van der Waals surface area contributed by atoms with Crippen LogP contribution in [-0.2, 0) is 10.0 Å². The molecule has 3 aromatic rings. The highest BCUT2D eigenvalue weighted by atomic mass is 35.5. The number of halogens is 1. The molecule has 0 aromatic heterocycles. The van der Waals surface area contributed by atoms with Crippen LogP contribution in [0, 0.1) is 0 Å². The van der Waals surface area contributed by atoms with Crippen molar-refractivity contribution in [3.05, 3.63) is 102 Å². The Morgan fingerprint density at radius 3 is 2.39 bits per heavy atom. The summed E-state index contributed by atoms with van der Waals surface area (Å²) in [5.74, 6) is 0.140. The summed E-state index contributed by atoms with van der Waals surface area (Å²) in [7, 11) is -2.47. The third-order valence-electron chi connectivity index (χ3n) is 5.07. The van der Waals surface area contributed by atoms with Crippen LogP contribution >= 0.6 is 11.6 Å². The van der Waals surface area contributed by atoms with Gasteiger partial charge in [-0.15, -0.1) is 6.58 Å². The molecule has 0 aliphatic rings. The maximum absolute atomic E-state index is 13.5. The second-order valence-electron chi connectivity index (χ2n) is 7.27. The van der Waals surface area contributed by atoms with E-state index >= 15 is 0 Å². The van der Waals surface area contributed by atoms with E-state index in [2.05, 4.69) is 11.9 Å². The highest BCUT2D eigenvalue weighted by molar-refractivity contribution is 7.92. The number of benzene rings is 3. The SMILES string of the molecule is C=CCN(c1ccc(OC)cc1)S(=O)(=O)c1ccc(Cl)c(C(=O)NC(C)c2ccccc2)c1. The lowest BCUT2D eigenvalue weighted by Gasteiger charge is -2.24. The van der Waals surface area contributed by atoms with Crippen LogP contribution < -0.4 is 14.4 Å². The van der Waals surface area contributed by atoms with Gasteiger partial charge in [0.05, 0.1) is 40.9 Å². The number of nitrogens with zero attached hydrogens (tertiary/aromatic N) is 1. The summed E-state index contributed by atoms with van der Waals surface area (Å²) in [6.45, 7) is 5.56. The maximum Gasteiger partial charge on any atom is 0.264 e. The van der Waals surface area contributed by atoms with Crippen molar-refractivity contribution in [2.75, 3.05) is 18.0 Å². The van der Waals surface area contributed by atoms with Crippen LogP contribution in [-0.4, -0.2) is 28.0 Å². The first-order chi connectivity index (χ1) is 15.8. The molecule has 1 unspecified atom stereocenters. The van der Waals surface area contributed by atoms with Gasteiger partial charge in [-0.2, -0.15) is 0 Å². The average molecular weight is 485 g/mol. The monoisotopic (exact) mass is 484 g/mol. The molecule has 0 radical (unpaired) electrons. The number of sulfonamides is 1. The van der Waals surface area contributed by atoms with E-state index < -0.39 is 15.9 Å². The molecule has 0 aliphatic heterocycles. The molecule has 8 heteroatoms. The second kappa shape index (κ2) is 10.6. The zero-order valence-corrected chi connectivity index (χ0v) is 19.9. The highest BCUT2D eigenvalue weighted by Crippen LogP contribution is 2.28. The van der Waals surface area contributed by atoms with Gasteiger partial charge >= 0.3 is 0 Å². The van der Waals surface area contributed by atoms with Crippen LogP contribution in [0.2, 0.25) is 5.02 Å². The minimum absolute atomic E-state index is 0.0455. The van der Waals surface area contributed by atoms with Gasteiger partial charge in [0, 0.05) is 0 Å². The fraction of sp³-hybridized carbons (Fsp3) is 0.160. The van der Waals surface area contributed by atoms with Gasteiger partial charge < -0.3 is 10.1 Å². The lowest BCUT2D eigenvalue weighted by Crippen LogP contribution is -2.32. The number of rotatable bonds is 9. The first-order valence-electron chi connectivity index (χ1n) is 10.2. The number of ether oxygens (including phenoxy) is 1. The number of nitrogens with one attached hydrogen (secondary N) is 1. The zero-order valence-electron chi connectivity index (χ0n) is 18.4. The Morgan fingerprint density at radius 1 is 1.12 bits per heavy atom. The van der Waals surface area contributed by atoms with E-state index in [1.54, 1.807) is 24.3 Å². The van der Waals surface area contributed by atoms with Crippen molar-refractivity contribution in [1.29, 1.82) is 0 Å². The number of carbonyl (C=O) groups excluding carboxylic acids is 1. The number of hydrogen-bond acceptors (Lipinski definition) is 4. The van der Waals surface area contributed by atoms with E-state index in [0.29, 0.717) is 11.4 Å². The average Bonchev–Trinajstić information content (AvgIpc) is 2.83. The first-order valence-corrected chi connectivity index (χ1v) is 12.0. The van der Waals surface area contributed by atoms with Crippen LogP contribution in [0.25, 0.3) is 0 Å². The Balaban J connectivity index is 1.93. The van der Waals surface area contributed by atoms with Gasteiger partial charge in [-0.1, -0.05) is 48.0 Å². The van der Waals surface area contributed by atoms with E-state index in [-0.39, 0.29) is 28.1 Å². The van der Waals surface area contributed by atoms with Gasteiger partial charge in [0.15, 0.2) is 0 Å². The Hall–Kier alpha value is -3.29. The quantitative estimate of drug-likeness (QED) is 0.422. The molecule has 172 valence electrons. The van der Waals surface area contributed by atoms with Crippen LogP contribution in [0.4, 0.5) is 5.69 Å². The van der Waals surface area contributed by atoms with Gasteiger partial charge in [-0.3, -0.25) is 9.10 Å². The van der Waals surface area contributed by atoms with Crippen molar-refractivity contribution in [2.24, 2.45) is 0 Å². The number of hydrogen-bond donors (Lipinski definition) is 1. The Morgan fingerprint density at radius 2 is 1.79 bits per heavy atom. The number of carbonyl (C=O) groups is 1. The van der Waals surface area contributed by atoms with Crippen molar-refractivity contribution in [3.63, 3.8) is 0 Å². The van der Waals surface area contributed by atoms with E-state index in [0.717, 1.165) is 5.56 Å². The van der Waals surface area contributed by atoms with Crippen molar-refractivity contribution >= 4 is 33.2 Å². The number of anilines is 1. The molecular weight excluding hydrogens is 460 g/mol. The van der Waals surface area contributed by atoms with Gasteiger partial charge in [0.25, 0.3) is 15.9 Å². The van der Waals surface area contributed by atoms with Gasteiger partial charge in [-0.25, -0.2) is 8.42 Å². The summed E-state index contributed by atoms with van der Waals surface area (Å²) in [5, 5.41) is 3.03. The van der Waals surface area contributed by atoms with E-state index in [4.69, 9.17) is 16.3 Å². The predicted molar refractivity (Wildman–Crippen MR) is 131 cm³/mol. The van der Waals surface area contributed by atoms with Crippen LogP contribution in [0.1, 0.15) is 28.9 Å². The van der Waals surface area contributed by atoms with Crippen molar-refractivity contribution < 1.29 is 17.9 Å². The van der Waals surface area contributed by atoms with E-state index in [1.165, 1.54) is 35.7 Å². The third-order valence-corrected chi connectivity index (χ3v) is 7.19. The third kappa shape index (κ3) is 5.56. The summed E-state index contributed by atoms with van der Waals surface area (Å²) in [6.07, 6.45) is 1.49. The molecule has 0 aliphatic carbocycles.